The summed E-state index contributed by atoms with van der Waals surface area (Å²) in [4.78, 5) is 11.4. The smallest absolute Gasteiger partial charge is 0.244 e. The molecular weight excluding hydrogens is 338 g/mol. The summed E-state index contributed by atoms with van der Waals surface area (Å²) in [6.07, 6.45) is 3.91. The maximum absolute atomic E-state index is 5.61. The van der Waals surface area contributed by atoms with Gasteiger partial charge < -0.3 is 9.09 Å². The van der Waals surface area contributed by atoms with E-state index in [-0.39, 0.29) is 6.04 Å². The van der Waals surface area contributed by atoms with E-state index in [1.54, 1.807) is 6.20 Å². The highest BCUT2D eigenvalue weighted by molar-refractivity contribution is 5.81. The van der Waals surface area contributed by atoms with Gasteiger partial charge in [0.05, 0.1) is 6.04 Å². The number of hydrogen-bond acceptors (Lipinski definition) is 5. The van der Waals surface area contributed by atoms with Gasteiger partial charge in [0.25, 0.3) is 0 Å². The van der Waals surface area contributed by atoms with E-state index in [4.69, 9.17) is 4.52 Å². The number of aromatic nitrogens is 4. The summed E-state index contributed by atoms with van der Waals surface area (Å²) in [7, 11) is 2.13. The van der Waals surface area contributed by atoms with E-state index in [1.807, 2.05) is 18.2 Å². The number of rotatable bonds is 4. The van der Waals surface area contributed by atoms with Crippen molar-refractivity contribution in [1.29, 1.82) is 0 Å². The Morgan fingerprint density at radius 3 is 2.89 bits per heavy atom. The summed E-state index contributed by atoms with van der Waals surface area (Å²) in [5, 5.41) is 5.42. The zero-order valence-electron chi connectivity index (χ0n) is 15.2. The van der Waals surface area contributed by atoms with Crippen molar-refractivity contribution < 1.29 is 4.52 Å². The lowest BCUT2D eigenvalue weighted by atomic mass is 10.2. The average Bonchev–Trinajstić information content (AvgIpc) is 3.43. The van der Waals surface area contributed by atoms with Gasteiger partial charge in [-0.3, -0.25) is 9.88 Å². The molecule has 0 aliphatic carbocycles. The molecule has 4 aromatic rings. The van der Waals surface area contributed by atoms with Crippen LogP contribution in [0.4, 0.5) is 0 Å². The Balaban J connectivity index is 1.40. The molecule has 0 unspecified atom stereocenters. The zero-order chi connectivity index (χ0) is 18.2. The predicted molar refractivity (Wildman–Crippen MR) is 103 cm³/mol. The molecule has 1 aliphatic rings. The molecule has 0 saturated carbocycles. The van der Waals surface area contributed by atoms with Crippen LogP contribution in [0.25, 0.3) is 22.4 Å². The minimum atomic E-state index is 0.160. The van der Waals surface area contributed by atoms with Gasteiger partial charge in [-0.2, -0.15) is 4.98 Å². The second-order valence-corrected chi connectivity index (χ2v) is 7.05. The van der Waals surface area contributed by atoms with Crippen LogP contribution >= 0.6 is 0 Å². The topological polar surface area (TPSA) is 60.0 Å². The Hall–Kier alpha value is -2.99. The maximum atomic E-state index is 5.61. The fraction of sp³-hybridized carbons (Fsp3) is 0.286. The van der Waals surface area contributed by atoms with Crippen molar-refractivity contribution >= 4 is 10.9 Å². The van der Waals surface area contributed by atoms with Crippen LogP contribution in [0.5, 0.6) is 0 Å². The third-order valence-electron chi connectivity index (χ3n) is 5.40. The standard InChI is InChI=1S/C21H21N5O/c1-25-16(13-15-7-2-3-9-18(15)25)14-26-12-6-10-19(26)21-23-20(24-27-21)17-8-4-5-11-22-17/h2-5,7-9,11,13,19H,6,10,12,14H2,1H3/t19-/m1/s1. The van der Waals surface area contributed by atoms with Gasteiger partial charge in [-0.15, -0.1) is 0 Å². The second-order valence-electron chi connectivity index (χ2n) is 7.05. The number of para-hydroxylation sites is 1. The van der Waals surface area contributed by atoms with E-state index >= 15 is 0 Å². The highest BCUT2D eigenvalue weighted by Gasteiger charge is 2.31. The van der Waals surface area contributed by atoms with Crippen molar-refractivity contribution in [1.82, 2.24) is 24.6 Å². The van der Waals surface area contributed by atoms with E-state index in [9.17, 15) is 0 Å². The lowest BCUT2D eigenvalue weighted by Crippen LogP contribution is -2.24. The Morgan fingerprint density at radius 2 is 2.04 bits per heavy atom. The molecule has 27 heavy (non-hydrogen) atoms. The van der Waals surface area contributed by atoms with E-state index in [0.29, 0.717) is 11.7 Å². The highest BCUT2D eigenvalue weighted by Crippen LogP contribution is 2.33. The summed E-state index contributed by atoms with van der Waals surface area (Å²) in [6, 6.07) is 16.6. The Kier molecular flexibility index (Phi) is 3.98. The first kappa shape index (κ1) is 16.2. The van der Waals surface area contributed by atoms with Gasteiger partial charge in [0, 0.05) is 31.0 Å². The van der Waals surface area contributed by atoms with E-state index < -0.39 is 0 Å². The largest absolute Gasteiger partial charge is 0.346 e. The molecule has 0 spiro atoms. The van der Waals surface area contributed by atoms with Crippen molar-refractivity contribution in [2.45, 2.75) is 25.4 Å². The first-order chi connectivity index (χ1) is 13.3. The molecule has 136 valence electrons. The molecule has 5 rings (SSSR count). The second kappa shape index (κ2) is 6.63. The van der Waals surface area contributed by atoms with Gasteiger partial charge in [0.1, 0.15) is 5.69 Å². The molecular formula is C21H21N5O. The lowest BCUT2D eigenvalue weighted by molar-refractivity contribution is 0.198. The van der Waals surface area contributed by atoms with Crippen molar-refractivity contribution in [3.05, 3.63) is 66.3 Å². The molecule has 6 heteroatoms. The SMILES string of the molecule is Cn1c(CN2CCC[C@@H]2c2nc(-c3ccccn3)no2)cc2ccccc21. The summed E-state index contributed by atoms with van der Waals surface area (Å²) in [5.74, 6) is 1.24. The normalized spacial score (nSPS) is 17.7. The fourth-order valence-electron chi connectivity index (χ4n) is 3.97. The van der Waals surface area contributed by atoms with Crippen LogP contribution in [-0.4, -0.2) is 31.1 Å². The number of nitrogens with zero attached hydrogens (tertiary/aromatic N) is 5. The van der Waals surface area contributed by atoms with E-state index in [0.717, 1.165) is 31.6 Å². The zero-order valence-corrected chi connectivity index (χ0v) is 15.2. The van der Waals surface area contributed by atoms with E-state index in [2.05, 4.69) is 62.0 Å². The molecule has 0 bridgehead atoms. The van der Waals surface area contributed by atoms with Crippen LogP contribution in [-0.2, 0) is 13.6 Å². The van der Waals surface area contributed by atoms with Gasteiger partial charge in [-0.05, 0) is 49.0 Å². The molecule has 0 radical (unpaired) electrons. The quantitative estimate of drug-likeness (QED) is 0.552. The molecule has 4 heterocycles. The van der Waals surface area contributed by atoms with Crippen LogP contribution < -0.4 is 0 Å². The maximum Gasteiger partial charge on any atom is 0.244 e. The van der Waals surface area contributed by atoms with Gasteiger partial charge in [0.15, 0.2) is 0 Å². The molecule has 0 amide bonds. The Labute approximate surface area is 157 Å². The van der Waals surface area contributed by atoms with Crippen molar-refractivity contribution in [2.75, 3.05) is 6.54 Å². The molecule has 1 aliphatic heterocycles. The number of aryl methyl sites for hydroxylation is 1. The van der Waals surface area contributed by atoms with E-state index in [1.165, 1.54) is 16.6 Å². The van der Waals surface area contributed by atoms with Gasteiger partial charge in [0.2, 0.25) is 11.7 Å². The number of likely N-dealkylation sites (tertiary alicyclic amines) is 1. The summed E-state index contributed by atoms with van der Waals surface area (Å²) < 4.78 is 7.89. The average molecular weight is 359 g/mol. The third kappa shape index (κ3) is 2.92. The summed E-state index contributed by atoms with van der Waals surface area (Å²) in [6.45, 7) is 1.91. The highest BCUT2D eigenvalue weighted by atomic mass is 16.5. The van der Waals surface area contributed by atoms with Crippen molar-refractivity contribution in [2.24, 2.45) is 7.05 Å². The van der Waals surface area contributed by atoms with Crippen molar-refractivity contribution in [3.63, 3.8) is 0 Å². The van der Waals surface area contributed by atoms with Gasteiger partial charge in [-0.25, -0.2) is 0 Å². The molecule has 6 nitrogen and oxygen atoms in total. The molecule has 1 saturated heterocycles. The minimum absolute atomic E-state index is 0.160. The van der Waals surface area contributed by atoms with Crippen LogP contribution in [0, 0.1) is 0 Å². The number of benzene rings is 1. The molecule has 1 fully saturated rings. The molecule has 0 N–H and O–H groups in total. The number of pyridine rings is 1. The van der Waals surface area contributed by atoms with Crippen molar-refractivity contribution in [3.8, 4) is 11.5 Å². The van der Waals surface area contributed by atoms with Crippen LogP contribution in [0.15, 0.2) is 59.3 Å². The minimum Gasteiger partial charge on any atom is -0.346 e. The first-order valence-electron chi connectivity index (χ1n) is 9.32. The van der Waals surface area contributed by atoms with Gasteiger partial charge >= 0.3 is 0 Å². The molecule has 1 atom stereocenters. The van der Waals surface area contributed by atoms with Gasteiger partial charge in [-0.1, -0.05) is 29.4 Å². The molecule has 1 aromatic carbocycles. The fourth-order valence-corrected chi connectivity index (χ4v) is 3.97. The summed E-state index contributed by atoms with van der Waals surface area (Å²) in [5.41, 5.74) is 3.30. The van der Waals surface area contributed by atoms with Crippen LogP contribution in [0.1, 0.15) is 30.5 Å². The van der Waals surface area contributed by atoms with Crippen LogP contribution in [0.2, 0.25) is 0 Å². The Bertz CT molecular complexity index is 1070. The number of fused-ring (bicyclic) bond motifs is 1. The predicted octanol–water partition coefficient (Wildman–Crippen LogP) is 3.96. The molecule has 3 aromatic heterocycles. The van der Waals surface area contributed by atoms with Crippen LogP contribution in [0.3, 0.4) is 0 Å². The Morgan fingerprint density at radius 1 is 1.15 bits per heavy atom. The lowest BCUT2D eigenvalue weighted by Gasteiger charge is -2.21. The first-order valence-corrected chi connectivity index (χ1v) is 9.32. The third-order valence-corrected chi connectivity index (χ3v) is 5.40. The summed E-state index contributed by atoms with van der Waals surface area (Å²) >= 11 is 0. The monoisotopic (exact) mass is 359 g/mol. The number of hydrogen-bond donors (Lipinski definition) is 0.